The Balaban J connectivity index is 0.00000316. The van der Waals surface area contributed by atoms with Gasteiger partial charge < -0.3 is 21.3 Å². The summed E-state index contributed by atoms with van der Waals surface area (Å²) in [4.78, 5) is 19.7. The Kier molecular flexibility index (Phi) is 13.6. The van der Waals surface area contributed by atoms with Crippen LogP contribution < -0.4 is 16.4 Å². The van der Waals surface area contributed by atoms with E-state index in [1.165, 1.54) is 7.05 Å². The minimum Gasteiger partial charge on any atom is -0.378 e. The van der Waals surface area contributed by atoms with Crippen LogP contribution in [0.1, 0.15) is 19.4 Å². The van der Waals surface area contributed by atoms with Gasteiger partial charge in [0, 0.05) is 54.1 Å². The highest BCUT2D eigenvalue weighted by Crippen LogP contribution is 2.23. The molecule has 0 radical (unpaired) electrons. The molecule has 1 aliphatic rings. The number of amides is 1. The SMILES string of the molecule is C=C(/C=C(Cl)\C=C/C)/C(=N\C(NC1=CC=C(N(C)C)C=CC1C)C(=O)NC)c1ccccc1Cl.CN. The summed E-state index contributed by atoms with van der Waals surface area (Å²) < 4.78 is 0. The number of likely N-dealkylation sites (N-methyl/N-ethyl adjacent to an activating group) is 2. The van der Waals surface area contributed by atoms with Crippen LogP contribution in [-0.4, -0.2) is 50.9 Å². The van der Waals surface area contributed by atoms with Gasteiger partial charge >= 0.3 is 0 Å². The van der Waals surface area contributed by atoms with E-state index >= 15 is 0 Å². The molecule has 1 amide bonds. The van der Waals surface area contributed by atoms with Crippen LogP contribution in [-0.2, 0) is 4.79 Å². The number of halogens is 2. The molecule has 1 aliphatic carbocycles. The van der Waals surface area contributed by atoms with Crippen molar-refractivity contribution in [2.45, 2.75) is 20.0 Å². The van der Waals surface area contributed by atoms with E-state index in [2.05, 4.69) is 42.0 Å². The van der Waals surface area contributed by atoms with Crippen molar-refractivity contribution in [1.29, 1.82) is 0 Å². The van der Waals surface area contributed by atoms with Gasteiger partial charge in [-0.1, -0.05) is 67.1 Å². The number of carbonyl (C=O) groups is 1. The predicted molar refractivity (Wildman–Crippen MR) is 155 cm³/mol. The molecule has 4 N–H and O–H groups in total. The average molecular weight is 531 g/mol. The molecule has 36 heavy (non-hydrogen) atoms. The van der Waals surface area contributed by atoms with E-state index in [4.69, 9.17) is 28.2 Å². The van der Waals surface area contributed by atoms with E-state index < -0.39 is 6.17 Å². The second-order valence-corrected chi connectivity index (χ2v) is 8.77. The number of carbonyl (C=O) groups excluding carboxylic acids is 1. The first-order valence-corrected chi connectivity index (χ1v) is 12.3. The molecular weight excluding hydrogens is 493 g/mol. The monoisotopic (exact) mass is 529 g/mol. The molecule has 8 heteroatoms. The second kappa shape index (κ2) is 15.8. The third-order valence-corrected chi connectivity index (χ3v) is 5.69. The predicted octanol–water partition coefficient (Wildman–Crippen LogP) is 5.16. The molecule has 0 aliphatic heterocycles. The molecule has 0 spiro atoms. The smallest absolute Gasteiger partial charge is 0.264 e. The maximum atomic E-state index is 12.9. The molecule has 1 aromatic rings. The minimum absolute atomic E-state index is 0.0482. The van der Waals surface area contributed by atoms with E-state index in [0.717, 1.165) is 11.4 Å². The van der Waals surface area contributed by atoms with Gasteiger partial charge in [0.1, 0.15) is 0 Å². The number of benzene rings is 1. The largest absolute Gasteiger partial charge is 0.378 e. The highest BCUT2D eigenvalue weighted by molar-refractivity contribution is 6.36. The quantitative estimate of drug-likeness (QED) is 0.305. The zero-order chi connectivity index (χ0) is 27.3. The molecule has 0 fully saturated rings. The van der Waals surface area contributed by atoms with Gasteiger partial charge in [-0.2, -0.15) is 0 Å². The Morgan fingerprint density at radius 2 is 1.92 bits per heavy atom. The molecule has 0 saturated heterocycles. The van der Waals surface area contributed by atoms with Crippen LogP contribution in [0.2, 0.25) is 5.02 Å². The maximum Gasteiger partial charge on any atom is 0.264 e. The van der Waals surface area contributed by atoms with E-state index in [1.807, 2.05) is 62.3 Å². The molecule has 0 bridgehead atoms. The van der Waals surface area contributed by atoms with Crippen molar-refractivity contribution < 1.29 is 4.79 Å². The standard InChI is InChI=1S/C27H32Cl2N4O.CH5N/c1-7-10-20(28)17-19(3)25(22-11-8-9-12-23(22)29)32-26(27(34)30-4)31-24-16-15-21(33(5)6)14-13-18(24)2;1-2/h7-18,26,31H,3H2,1-2,4-6H3,(H,30,34);2H2,1H3/b10-7-,20-17+,32-25+;. The number of nitrogens with one attached hydrogen (secondary N) is 2. The number of nitrogens with zero attached hydrogens (tertiary/aromatic N) is 2. The first kappa shape index (κ1) is 31.0. The van der Waals surface area contributed by atoms with E-state index in [0.29, 0.717) is 26.9 Å². The summed E-state index contributed by atoms with van der Waals surface area (Å²) in [5.41, 5.74) is 8.07. The Morgan fingerprint density at radius 1 is 1.25 bits per heavy atom. The van der Waals surface area contributed by atoms with Crippen molar-refractivity contribution in [3.05, 3.63) is 106 Å². The highest BCUT2D eigenvalue weighted by atomic mass is 35.5. The number of hydrogen-bond acceptors (Lipinski definition) is 5. The summed E-state index contributed by atoms with van der Waals surface area (Å²) in [6.07, 6.45) is 12.5. The lowest BCUT2D eigenvalue weighted by molar-refractivity contribution is -0.122. The fraction of sp³-hybridized carbons (Fsp3) is 0.286. The van der Waals surface area contributed by atoms with Crippen LogP contribution in [0, 0.1) is 5.92 Å². The van der Waals surface area contributed by atoms with Crippen molar-refractivity contribution >= 4 is 34.8 Å². The van der Waals surface area contributed by atoms with Gasteiger partial charge in [-0.25, -0.2) is 4.99 Å². The number of aliphatic imine (C=N–C) groups is 1. The summed E-state index contributed by atoms with van der Waals surface area (Å²) in [6.45, 7) is 8.08. The highest BCUT2D eigenvalue weighted by Gasteiger charge is 2.22. The van der Waals surface area contributed by atoms with Crippen LogP contribution in [0.5, 0.6) is 0 Å². The number of allylic oxidation sites excluding steroid dienone is 9. The van der Waals surface area contributed by atoms with Crippen molar-refractivity contribution in [1.82, 2.24) is 15.5 Å². The summed E-state index contributed by atoms with van der Waals surface area (Å²) in [5, 5.41) is 6.98. The number of hydrogen-bond donors (Lipinski definition) is 3. The van der Waals surface area contributed by atoms with Crippen molar-refractivity contribution in [2.75, 3.05) is 28.2 Å². The number of rotatable bonds is 9. The average Bonchev–Trinajstić information content (AvgIpc) is 3.04. The first-order chi connectivity index (χ1) is 17.2. The minimum atomic E-state index is -0.918. The van der Waals surface area contributed by atoms with E-state index in [9.17, 15) is 4.79 Å². The molecule has 2 atom stereocenters. The van der Waals surface area contributed by atoms with Gasteiger partial charge in [-0.05, 0) is 56.0 Å². The van der Waals surface area contributed by atoms with Crippen molar-refractivity contribution in [3.63, 3.8) is 0 Å². The Morgan fingerprint density at radius 3 is 2.50 bits per heavy atom. The lowest BCUT2D eigenvalue weighted by atomic mass is 10.0. The zero-order valence-electron chi connectivity index (χ0n) is 21.8. The van der Waals surface area contributed by atoms with Gasteiger partial charge in [0.25, 0.3) is 5.91 Å². The van der Waals surface area contributed by atoms with Crippen LogP contribution in [0.4, 0.5) is 0 Å². The fourth-order valence-electron chi connectivity index (χ4n) is 3.21. The zero-order valence-corrected chi connectivity index (χ0v) is 23.4. The summed E-state index contributed by atoms with van der Waals surface area (Å²) in [6, 6.07) is 7.31. The molecule has 0 heterocycles. The molecule has 6 nitrogen and oxygen atoms in total. The van der Waals surface area contributed by atoms with Crippen LogP contribution in [0.25, 0.3) is 0 Å². The molecule has 194 valence electrons. The van der Waals surface area contributed by atoms with Crippen LogP contribution >= 0.6 is 23.2 Å². The van der Waals surface area contributed by atoms with Crippen molar-refractivity contribution in [2.24, 2.45) is 16.6 Å². The molecule has 2 unspecified atom stereocenters. The van der Waals surface area contributed by atoms with Gasteiger partial charge in [-0.15, -0.1) is 0 Å². The third kappa shape index (κ3) is 9.19. The topological polar surface area (TPSA) is 82.8 Å². The normalized spacial score (nSPS) is 16.8. The van der Waals surface area contributed by atoms with Gasteiger partial charge in [-0.3, -0.25) is 4.79 Å². The Bertz CT molecular complexity index is 1100. The van der Waals surface area contributed by atoms with Crippen LogP contribution in [0.3, 0.4) is 0 Å². The second-order valence-electron chi connectivity index (χ2n) is 7.93. The molecule has 0 aromatic heterocycles. The van der Waals surface area contributed by atoms with Crippen LogP contribution in [0.15, 0.2) is 100 Å². The summed E-state index contributed by atoms with van der Waals surface area (Å²) in [5.74, 6) is -0.244. The Hall–Kier alpha value is -3.06. The van der Waals surface area contributed by atoms with Crippen molar-refractivity contribution in [3.8, 4) is 0 Å². The lowest BCUT2D eigenvalue weighted by Crippen LogP contribution is -2.42. The first-order valence-electron chi connectivity index (χ1n) is 11.5. The molecular formula is C28H37Cl2N5O. The lowest BCUT2D eigenvalue weighted by Gasteiger charge is -2.21. The van der Waals surface area contributed by atoms with Gasteiger partial charge in [0.15, 0.2) is 6.17 Å². The molecule has 1 aromatic carbocycles. The van der Waals surface area contributed by atoms with Gasteiger partial charge in [0.05, 0.1) is 5.71 Å². The van der Waals surface area contributed by atoms with E-state index in [1.54, 1.807) is 25.3 Å². The maximum absolute atomic E-state index is 12.9. The third-order valence-electron chi connectivity index (χ3n) is 5.12. The fourth-order valence-corrected chi connectivity index (χ4v) is 3.69. The summed E-state index contributed by atoms with van der Waals surface area (Å²) >= 11 is 12.8. The summed E-state index contributed by atoms with van der Waals surface area (Å²) in [7, 11) is 7.05. The van der Waals surface area contributed by atoms with E-state index in [-0.39, 0.29) is 11.8 Å². The molecule has 2 rings (SSSR count). The number of nitrogens with two attached hydrogens (primary N) is 1. The molecule has 0 saturated carbocycles. The Labute approximate surface area is 225 Å². The van der Waals surface area contributed by atoms with Gasteiger partial charge in [0.2, 0.25) is 0 Å².